The summed E-state index contributed by atoms with van der Waals surface area (Å²) in [6.45, 7) is 12.3. The quantitative estimate of drug-likeness (QED) is 0.268. The zero-order chi connectivity index (χ0) is 11.7. The smallest absolute Gasteiger partial charge is 0.333 e. The van der Waals surface area contributed by atoms with Crippen LogP contribution in [0, 0.1) is 0 Å². The molecular weight excluding hydrogens is 192 g/mol. The summed E-state index contributed by atoms with van der Waals surface area (Å²) in [5, 5.41) is 0. The molecule has 3 nitrogen and oxygen atoms in total. The van der Waals surface area contributed by atoms with Crippen LogP contribution < -0.4 is 0 Å². The van der Waals surface area contributed by atoms with E-state index in [9.17, 15) is 4.79 Å². The third-order valence-corrected chi connectivity index (χ3v) is 1.70. The Morgan fingerprint density at radius 2 is 1.80 bits per heavy atom. The molecule has 0 aliphatic heterocycles. The number of ether oxygens (including phenoxy) is 2. The molecule has 0 aromatic rings. The summed E-state index contributed by atoms with van der Waals surface area (Å²) in [6, 6.07) is 0. The van der Waals surface area contributed by atoms with E-state index >= 15 is 0 Å². The molecule has 0 saturated carbocycles. The lowest BCUT2D eigenvalue weighted by atomic mass is 10.2. The van der Waals surface area contributed by atoms with Crippen molar-refractivity contribution in [2.45, 2.75) is 26.7 Å². The fourth-order valence-electron chi connectivity index (χ4n) is 0.895. The highest BCUT2D eigenvalue weighted by atomic mass is 16.6. The normalized spacial score (nSPS) is 9.73. The van der Waals surface area contributed by atoms with Crippen molar-refractivity contribution in [2.24, 2.45) is 0 Å². The predicted molar refractivity (Wildman–Crippen MR) is 60.6 cm³/mol. The van der Waals surface area contributed by atoms with E-state index in [-0.39, 0.29) is 5.97 Å². The first-order chi connectivity index (χ1) is 7.04. The van der Waals surface area contributed by atoms with Crippen LogP contribution in [0.5, 0.6) is 0 Å². The molecule has 0 atom stereocenters. The second-order valence-corrected chi connectivity index (χ2v) is 3.59. The number of carbonyl (C=O) groups is 1. The van der Waals surface area contributed by atoms with E-state index in [2.05, 4.69) is 13.2 Å². The third-order valence-electron chi connectivity index (χ3n) is 1.70. The van der Waals surface area contributed by atoms with Crippen molar-refractivity contribution in [3.05, 3.63) is 24.3 Å². The summed E-state index contributed by atoms with van der Waals surface area (Å²) >= 11 is 0. The zero-order valence-corrected chi connectivity index (χ0v) is 9.67. The summed E-state index contributed by atoms with van der Waals surface area (Å²) in [4.78, 5) is 10.9. The summed E-state index contributed by atoms with van der Waals surface area (Å²) in [5.41, 5.74) is 1.57. The van der Waals surface area contributed by atoms with E-state index in [1.165, 1.54) is 0 Å². The van der Waals surface area contributed by atoms with Gasteiger partial charge in [-0.05, 0) is 26.7 Å². The van der Waals surface area contributed by atoms with E-state index in [1.54, 1.807) is 6.92 Å². The molecule has 86 valence electrons. The molecule has 0 heterocycles. The standard InChI is InChI=1S/C12H20O3/c1-10(2)6-5-7-14-8-9-15-12(13)11(3)4/h1,3,5-9H2,2,4H3. The first-order valence-electron chi connectivity index (χ1n) is 5.08. The Balaban J connectivity index is 3.22. The third kappa shape index (κ3) is 9.22. The highest BCUT2D eigenvalue weighted by molar-refractivity contribution is 5.86. The Bertz CT molecular complexity index is 231. The van der Waals surface area contributed by atoms with E-state index < -0.39 is 0 Å². The van der Waals surface area contributed by atoms with Gasteiger partial charge in [0.25, 0.3) is 0 Å². The lowest BCUT2D eigenvalue weighted by Crippen LogP contribution is -2.11. The second-order valence-electron chi connectivity index (χ2n) is 3.59. The van der Waals surface area contributed by atoms with Gasteiger partial charge in [-0.3, -0.25) is 0 Å². The van der Waals surface area contributed by atoms with E-state index in [1.807, 2.05) is 6.92 Å². The minimum absolute atomic E-state index is 0.290. The fraction of sp³-hybridized carbons (Fsp3) is 0.583. The highest BCUT2D eigenvalue weighted by Gasteiger charge is 2.01. The average Bonchev–Trinajstić information content (AvgIpc) is 2.15. The van der Waals surface area contributed by atoms with Gasteiger partial charge in [0.05, 0.1) is 6.61 Å². The van der Waals surface area contributed by atoms with Crippen molar-refractivity contribution >= 4 is 5.97 Å². The summed E-state index contributed by atoms with van der Waals surface area (Å²) < 4.78 is 10.1. The fourth-order valence-corrected chi connectivity index (χ4v) is 0.895. The van der Waals surface area contributed by atoms with Gasteiger partial charge in [-0.15, -0.1) is 6.58 Å². The second kappa shape index (κ2) is 8.24. The predicted octanol–water partition coefficient (Wildman–Crippen LogP) is 2.48. The molecule has 0 aromatic carbocycles. The van der Waals surface area contributed by atoms with E-state index in [0.29, 0.717) is 25.4 Å². The SMILES string of the molecule is C=C(C)CCCOCCOC(=O)C(=C)C. The molecule has 0 saturated heterocycles. The molecule has 0 aliphatic rings. The molecule has 0 fully saturated rings. The Kier molecular flexibility index (Phi) is 7.64. The Morgan fingerprint density at radius 3 is 2.33 bits per heavy atom. The van der Waals surface area contributed by atoms with Gasteiger partial charge >= 0.3 is 5.97 Å². The molecule has 0 N–H and O–H groups in total. The first-order valence-corrected chi connectivity index (χ1v) is 5.08. The van der Waals surface area contributed by atoms with Crippen molar-refractivity contribution < 1.29 is 14.3 Å². The van der Waals surface area contributed by atoms with Crippen LogP contribution >= 0.6 is 0 Å². The number of hydrogen-bond donors (Lipinski definition) is 0. The van der Waals surface area contributed by atoms with Crippen LogP contribution in [0.3, 0.4) is 0 Å². The lowest BCUT2D eigenvalue weighted by molar-refractivity contribution is -0.140. The maximum Gasteiger partial charge on any atom is 0.333 e. The van der Waals surface area contributed by atoms with Crippen LogP contribution in [0.2, 0.25) is 0 Å². The molecule has 0 aliphatic carbocycles. The minimum atomic E-state index is -0.361. The summed E-state index contributed by atoms with van der Waals surface area (Å²) in [6.07, 6.45) is 1.94. The van der Waals surface area contributed by atoms with Crippen molar-refractivity contribution in [3.8, 4) is 0 Å². The number of hydrogen-bond acceptors (Lipinski definition) is 3. The first kappa shape index (κ1) is 13.9. The monoisotopic (exact) mass is 212 g/mol. The zero-order valence-electron chi connectivity index (χ0n) is 9.67. The van der Waals surface area contributed by atoms with Gasteiger partial charge in [0.1, 0.15) is 6.61 Å². The van der Waals surface area contributed by atoms with Gasteiger partial charge in [-0.25, -0.2) is 4.79 Å². The lowest BCUT2D eigenvalue weighted by Gasteiger charge is -2.05. The van der Waals surface area contributed by atoms with E-state index in [0.717, 1.165) is 18.4 Å². The average molecular weight is 212 g/mol. The van der Waals surface area contributed by atoms with Crippen LogP contribution in [0.1, 0.15) is 26.7 Å². The van der Waals surface area contributed by atoms with Gasteiger partial charge in [-0.2, -0.15) is 0 Å². The largest absolute Gasteiger partial charge is 0.460 e. The van der Waals surface area contributed by atoms with Gasteiger partial charge in [-0.1, -0.05) is 12.2 Å². The molecular formula is C12H20O3. The molecule has 15 heavy (non-hydrogen) atoms. The molecule has 3 heteroatoms. The number of allylic oxidation sites excluding steroid dienone is 1. The summed E-state index contributed by atoms with van der Waals surface area (Å²) in [7, 11) is 0. The van der Waals surface area contributed by atoms with E-state index in [4.69, 9.17) is 9.47 Å². The molecule has 0 bridgehead atoms. The molecule has 0 unspecified atom stereocenters. The van der Waals surface area contributed by atoms with Crippen molar-refractivity contribution in [2.75, 3.05) is 19.8 Å². The maximum atomic E-state index is 10.9. The Labute approximate surface area is 91.8 Å². The van der Waals surface area contributed by atoms with Crippen LogP contribution in [0.4, 0.5) is 0 Å². The van der Waals surface area contributed by atoms with Crippen molar-refractivity contribution in [3.63, 3.8) is 0 Å². The van der Waals surface area contributed by atoms with Gasteiger partial charge in [0.15, 0.2) is 0 Å². The summed E-state index contributed by atoms with van der Waals surface area (Å²) in [5.74, 6) is -0.361. The molecule has 0 rings (SSSR count). The van der Waals surface area contributed by atoms with Gasteiger partial charge < -0.3 is 9.47 Å². The topological polar surface area (TPSA) is 35.5 Å². The van der Waals surface area contributed by atoms with Crippen LogP contribution in [0.15, 0.2) is 24.3 Å². The molecule has 0 radical (unpaired) electrons. The Hall–Kier alpha value is -1.09. The number of carbonyl (C=O) groups excluding carboxylic acids is 1. The molecule has 0 aromatic heterocycles. The van der Waals surface area contributed by atoms with Crippen LogP contribution in [-0.2, 0) is 14.3 Å². The number of esters is 1. The Morgan fingerprint density at radius 1 is 1.13 bits per heavy atom. The highest BCUT2D eigenvalue weighted by Crippen LogP contribution is 2.00. The van der Waals surface area contributed by atoms with Crippen molar-refractivity contribution in [1.29, 1.82) is 0 Å². The van der Waals surface area contributed by atoms with Crippen molar-refractivity contribution in [1.82, 2.24) is 0 Å². The minimum Gasteiger partial charge on any atom is -0.460 e. The molecule has 0 amide bonds. The number of rotatable bonds is 8. The van der Waals surface area contributed by atoms with Crippen LogP contribution in [-0.4, -0.2) is 25.8 Å². The molecule has 0 spiro atoms. The van der Waals surface area contributed by atoms with Gasteiger partial charge in [0, 0.05) is 12.2 Å². The van der Waals surface area contributed by atoms with Crippen LogP contribution in [0.25, 0.3) is 0 Å². The van der Waals surface area contributed by atoms with Gasteiger partial charge in [0.2, 0.25) is 0 Å². The maximum absolute atomic E-state index is 10.9.